The van der Waals surface area contributed by atoms with Crippen LogP contribution in [-0.2, 0) is 13.2 Å². The first kappa shape index (κ1) is 14.5. The molecule has 0 unspecified atom stereocenters. The molecule has 1 aromatic rings. The number of unbranched alkanes of at least 4 members (excludes halogenated alkanes) is 1. The van der Waals surface area contributed by atoms with E-state index < -0.39 is 23.3 Å². The molecule has 0 N–H and O–H groups in total. The average Bonchev–Trinajstić information content (AvgIpc) is 2.66. The Hall–Kier alpha value is -1.53. The van der Waals surface area contributed by atoms with Crippen molar-refractivity contribution in [1.29, 1.82) is 0 Å². The number of nitrogens with zero attached hydrogens (tertiary/aromatic N) is 3. The zero-order valence-corrected chi connectivity index (χ0v) is 10.6. The molecule has 0 aromatic carbocycles. The lowest BCUT2D eigenvalue weighted by Gasteiger charge is -2.16. The maximum Gasteiger partial charge on any atom is 0.435 e. The Balaban J connectivity index is 2.99. The van der Waals surface area contributed by atoms with Crippen LogP contribution in [0.5, 0.6) is 0 Å². The number of hydrogen-bond acceptors (Lipinski definition) is 2. The van der Waals surface area contributed by atoms with Gasteiger partial charge in [-0.3, -0.25) is 9.48 Å². The third-order valence-corrected chi connectivity index (χ3v) is 2.52. The Morgan fingerprint density at radius 1 is 1.50 bits per heavy atom. The second-order valence-electron chi connectivity index (χ2n) is 4.14. The van der Waals surface area contributed by atoms with Crippen LogP contribution in [0.4, 0.5) is 13.2 Å². The van der Waals surface area contributed by atoms with E-state index in [9.17, 15) is 18.0 Å². The molecule has 102 valence electrons. The van der Waals surface area contributed by atoms with Crippen LogP contribution >= 0.6 is 0 Å². The van der Waals surface area contributed by atoms with Crippen molar-refractivity contribution in [3.63, 3.8) is 0 Å². The molecule has 0 aliphatic rings. The van der Waals surface area contributed by atoms with Crippen LogP contribution in [0.3, 0.4) is 0 Å². The Morgan fingerprint density at radius 2 is 2.11 bits per heavy atom. The molecule has 1 amide bonds. The van der Waals surface area contributed by atoms with Gasteiger partial charge in [0.2, 0.25) is 0 Å². The van der Waals surface area contributed by atoms with E-state index in [1.54, 1.807) is 0 Å². The number of aryl methyl sites for hydroxylation is 1. The van der Waals surface area contributed by atoms with Gasteiger partial charge in [0.15, 0.2) is 5.69 Å². The molecule has 0 spiro atoms. The highest BCUT2D eigenvalue weighted by molar-refractivity contribution is 5.95. The number of carbonyl (C=O) groups excluding carboxylic acids is 1. The van der Waals surface area contributed by atoms with E-state index in [0.29, 0.717) is 6.54 Å². The maximum absolute atomic E-state index is 12.7. The smallest absolute Gasteiger partial charge is 0.342 e. The van der Waals surface area contributed by atoms with Crippen LogP contribution in [0.25, 0.3) is 0 Å². The molecule has 0 aliphatic heterocycles. The largest absolute Gasteiger partial charge is 0.435 e. The van der Waals surface area contributed by atoms with Crippen LogP contribution in [0.15, 0.2) is 6.20 Å². The van der Waals surface area contributed by atoms with Crippen molar-refractivity contribution >= 4 is 5.91 Å². The first-order chi connectivity index (χ1) is 8.27. The maximum atomic E-state index is 12.7. The Morgan fingerprint density at radius 3 is 2.61 bits per heavy atom. The molecule has 0 saturated carbocycles. The highest BCUT2D eigenvalue weighted by Gasteiger charge is 2.39. The van der Waals surface area contributed by atoms with E-state index in [-0.39, 0.29) is 0 Å². The fraction of sp³-hybridized carbons (Fsp3) is 0.636. The highest BCUT2D eigenvalue weighted by atomic mass is 19.4. The van der Waals surface area contributed by atoms with E-state index in [1.165, 1.54) is 19.0 Å². The Kier molecular flexibility index (Phi) is 4.37. The summed E-state index contributed by atoms with van der Waals surface area (Å²) in [7, 11) is 2.85. The van der Waals surface area contributed by atoms with Gasteiger partial charge in [-0.1, -0.05) is 13.3 Å². The van der Waals surface area contributed by atoms with Gasteiger partial charge in [-0.15, -0.1) is 0 Å². The van der Waals surface area contributed by atoms with Crippen molar-refractivity contribution < 1.29 is 18.0 Å². The summed E-state index contributed by atoms with van der Waals surface area (Å²) in [4.78, 5) is 13.2. The summed E-state index contributed by atoms with van der Waals surface area (Å²) in [6, 6.07) is 0. The molecule has 0 saturated heterocycles. The number of carbonyl (C=O) groups is 1. The molecule has 0 aliphatic carbocycles. The zero-order valence-electron chi connectivity index (χ0n) is 10.6. The summed E-state index contributed by atoms with van der Waals surface area (Å²) in [5, 5.41) is 3.31. The quantitative estimate of drug-likeness (QED) is 0.836. The second kappa shape index (κ2) is 5.41. The lowest BCUT2D eigenvalue weighted by atomic mass is 10.2. The minimum Gasteiger partial charge on any atom is -0.342 e. The van der Waals surface area contributed by atoms with Gasteiger partial charge >= 0.3 is 6.18 Å². The Labute approximate surface area is 103 Å². The van der Waals surface area contributed by atoms with E-state index in [0.717, 1.165) is 23.7 Å². The summed E-state index contributed by atoms with van der Waals surface area (Å²) in [5.41, 5.74) is -1.53. The summed E-state index contributed by atoms with van der Waals surface area (Å²) < 4.78 is 39.1. The van der Waals surface area contributed by atoms with Crippen LogP contribution in [0.2, 0.25) is 0 Å². The van der Waals surface area contributed by atoms with Crippen molar-refractivity contribution in [1.82, 2.24) is 14.7 Å². The molecule has 1 aromatic heterocycles. The fourth-order valence-corrected chi connectivity index (χ4v) is 1.56. The molecule has 7 heteroatoms. The van der Waals surface area contributed by atoms with Gasteiger partial charge in [-0.05, 0) is 6.42 Å². The van der Waals surface area contributed by atoms with Crippen LogP contribution in [0.1, 0.15) is 35.8 Å². The molecule has 0 fully saturated rings. The van der Waals surface area contributed by atoms with Gasteiger partial charge in [-0.2, -0.15) is 18.3 Å². The lowest BCUT2D eigenvalue weighted by Crippen LogP contribution is -2.29. The minimum atomic E-state index is -4.61. The molecule has 4 nitrogen and oxygen atoms in total. The molecule has 0 radical (unpaired) electrons. The predicted octanol–water partition coefficient (Wildman–Crippen LogP) is 2.31. The molecule has 0 atom stereocenters. The van der Waals surface area contributed by atoms with Crippen molar-refractivity contribution in [2.45, 2.75) is 25.9 Å². The molecular formula is C11H16F3N3O. The van der Waals surface area contributed by atoms with Gasteiger partial charge in [-0.25, -0.2) is 0 Å². The van der Waals surface area contributed by atoms with Crippen molar-refractivity contribution in [2.24, 2.45) is 7.05 Å². The number of rotatable bonds is 4. The number of hydrogen-bond donors (Lipinski definition) is 0. The lowest BCUT2D eigenvalue weighted by molar-refractivity contribution is -0.141. The number of amides is 1. The van der Waals surface area contributed by atoms with Gasteiger partial charge in [0.25, 0.3) is 5.91 Å². The highest BCUT2D eigenvalue weighted by Crippen LogP contribution is 2.31. The molecule has 1 heterocycles. The van der Waals surface area contributed by atoms with E-state index >= 15 is 0 Å². The van der Waals surface area contributed by atoms with Crippen LogP contribution in [-0.4, -0.2) is 34.2 Å². The first-order valence-corrected chi connectivity index (χ1v) is 5.63. The van der Waals surface area contributed by atoms with Crippen LogP contribution < -0.4 is 0 Å². The zero-order chi connectivity index (χ0) is 13.9. The topological polar surface area (TPSA) is 38.1 Å². The number of halogens is 3. The van der Waals surface area contributed by atoms with E-state index in [2.05, 4.69) is 5.10 Å². The molecule has 0 bridgehead atoms. The monoisotopic (exact) mass is 263 g/mol. The normalized spacial score (nSPS) is 11.7. The van der Waals surface area contributed by atoms with Gasteiger partial charge in [0.1, 0.15) is 0 Å². The summed E-state index contributed by atoms with van der Waals surface area (Å²) in [5.74, 6) is -0.649. The van der Waals surface area contributed by atoms with Gasteiger partial charge < -0.3 is 4.90 Å². The van der Waals surface area contributed by atoms with Crippen molar-refractivity contribution in [2.75, 3.05) is 13.6 Å². The predicted molar refractivity (Wildman–Crippen MR) is 60.1 cm³/mol. The standard InChI is InChI=1S/C11H16F3N3O/c1-4-5-6-16(2)10(18)8-7-17(3)15-9(8)11(12,13)14/h7H,4-6H2,1-3H3. The van der Waals surface area contributed by atoms with Crippen LogP contribution in [0, 0.1) is 0 Å². The average molecular weight is 263 g/mol. The second-order valence-corrected chi connectivity index (χ2v) is 4.14. The number of aromatic nitrogens is 2. The van der Waals surface area contributed by atoms with E-state index in [4.69, 9.17) is 0 Å². The van der Waals surface area contributed by atoms with E-state index in [1.807, 2.05) is 6.92 Å². The van der Waals surface area contributed by atoms with Gasteiger partial charge in [0.05, 0.1) is 5.56 Å². The van der Waals surface area contributed by atoms with Crippen molar-refractivity contribution in [3.8, 4) is 0 Å². The fourth-order valence-electron chi connectivity index (χ4n) is 1.56. The summed E-state index contributed by atoms with van der Waals surface area (Å²) in [6.45, 7) is 2.38. The SMILES string of the molecule is CCCCN(C)C(=O)c1cn(C)nc1C(F)(F)F. The third kappa shape index (κ3) is 3.24. The molecular weight excluding hydrogens is 247 g/mol. The molecule has 18 heavy (non-hydrogen) atoms. The minimum absolute atomic E-state index is 0.399. The third-order valence-electron chi connectivity index (χ3n) is 2.52. The Bertz CT molecular complexity index is 426. The van der Waals surface area contributed by atoms with Crippen molar-refractivity contribution in [3.05, 3.63) is 17.5 Å². The summed E-state index contributed by atoms with van der Waals surface area (Å²) in [6.07, 6.45) is -1.88. The van der Waals surface area contributed by atoms with Gasteiger partial charge in [0, 0.05) is 26.8 Å². The number of alkyl halides is 3. The molecule has 1 rings (SSSR count). The first-order valence-electron chi connectivity index (χ1n) is 5.63. The summed E-state index contributed by atoms with van der Waals surface area (Å²) >= 11 is 0.